The number of carboxylic acid groups (broad SMARTS) is 1. The van der Waals surface area contributed by atoms with Crippen LogP contribution in [-0.2, 0) is 9.78 Å². The molecule has 17 heavy (non-hydrogen) atoms. The summed E-state index contributed by atoms with van der Waals surface area (Å²) in [5, 5.41) is 8.93. The highest BCUT2D eigenvalue weighted by Gasteiger charge is 2.16. The fraction of sp³-hybridized carbons (Fsp3) is 0.909. The standard InChI is InChI=1S/C11H24N2O4/c1-3-5-7-13(11(14)15)9-10(12)17-16-8-6-4-2/h10H,3-9,12H2,1-2H3,(H,14,15). The van der Waals surface area contributed by atoms with Gasteiger partial charge in [-0.3, -0.25) is 0 Å². The predicted octanol–water partition coefficient (Wildman–Crippen LogP) is 1.80. The summed E-state index contributed by atoms with van der Waals surface area (Å²) < 4.78 is 0. The number of carbonyl (C=O) groups is 1. The topological polar surface area (TPSA) is 85.0 Å². The van der Waals surface area contributed by atoms with Gasteiger partial charge in [-0.05, 0) is 12.8 Å². The van der Waals surface area contributed by atoms with Crippen LogP contribution in [0.2, 0.25) is 0 Å². The lowest BCUT2D eigenvalue weighted by molar-refractivity contribution is -0.324. The fourth-order valence-corrected chi connectivity index (χ4v) is 1.20. The van der Waals surface area contributed by atoms with Gasteiger partial charge in [0.2, 0.25) is 0 Å². The van der Waals surface area contributed by atoms with Gasteiger partial charge in [-0.2, -0.15) is 0 Å². The van der Waals surface area contributed by atoms with E-state index in [1.165, 1.54) is 4.90 Å². The first-order valence-corrected chi connectivity index (χ1v) is 6.13. The zero-order valence-electron chi connectivity index (χ0n) is 10.7. The summed E-state index contributed by atoms with van der Waals surface area (Å²) in [6.45, 7) is 5.12. The van der Waals surface area contributed by atoms with Crippen molar-refractivity contribution in [2.75, 3.05) is 19.7 Å². The van der Waals surface area contributed by atoms with Gasteiger partial charge in [0, 0.05) is 6.54 Å². The highest BCUT2D eigenvalue weighted by Crippen LogP contribution is 1.99. The van der Waals surface area contributed by atoms with Crippen LogP contribution in [0.5, 0.6) is 0 Å². The van der Waals surface area contributed by atoms with Crippen molar-refractivity contribution in [3.05, 3.63) is 0 Å². The van der Waals surface area contributed by atoms with E-state index in [-0.39, 0.29) is 6.54 Å². The summed E-state index contributed by atoms with van der Waals surface area (Å²) in [5.74, 6) is 0. The maximum atomic E-state index is 10.9. The molecule has 0 aromatic carbocycles. The molecule has 1 atom stereocenters. The molecule has 0 radical (unpaired) electrons. The lowest BCUT2D eigenvalue weighted by Crippen LogP contribution is -2.42. The van der Waals surface area contributed by atoms with Crippen LogP contribution in [0.15, 0.2) is 0 Å². The van der Waals surface area contributed by atoms with E-state index < -0.39 is 12.3 Å². The van der Waals surface area contributed by atoms with Crippen LogP contribution in [0.4, 0.5) is 4.79 Å². The molecule has 0 heterocycles. The summed E-state index contributed by atoms with van der Waals surface area (Å²) in [6.07, 6.45) is 1.94. The number of hydrogen-bond acceptors (Lipinski definition) is 4. The predicted molar refractivity (Wildman–Crippen MR) is 64.4 cm³/mol. The second kappa shape index (κ2) is 10.3. The molecule has 0 saturated carbocycles. The SMILES string of the molecule is CCCCOOC(N)CN(CCCC)C(=O)O. The smallest absolute Gasteiger partial charge is 0.407 e. The van der Waals surface area contributed by atoms with Crippen molar-refractivity contribution in [2.45, 2.75) is 45.8 Å². The number of nitrogens with zero attached hydrogens (tertiary/aromatic N) is 1. The average molecular weight is 248 g/mol. The van der Waals surface area contributed by atoms with Crippen molar-refractivity contribution in [3.8, 4) is 0 Å². The van der Waals surface area contributed by atoms with E-state index in [1.807, 2.05) is 13.8 Å². The molecule has 6 heteroatoms. The van der Waals surface area contributed by atoms with Crippen molar-refractivity contribution in [1.29, 1.82) is 0 Å². The minimum Gasteiger partial charge on any atom is -0.465 e. The van der Waals surface area contributed by atoms with Gasteiger partial charge in [0.05, 0.1) is 13.2 Å². The zero-order chi connectivity index (χ0) is 13.1. The van der Waals surface area contributed by atoms with Gasteiger partial charge < -0.3 is 15.7 Å². The third-order valence-corrected chi connectivity index (χ3v) is 2.23. The highest BCUT2D eigenvalue weighted by molar-refractivity contribution is 5.64. The van der Waals surface area contributed by atoms with Crippen molar-refractivity contribution in [2.24, 2.45) is 5.73 Å². The molecule has 1 amide bonds. The first kappa shape index (κ1) is 16.1. The molecule has 0 spiro atoms. The van der Waals surface area contributed by atoms with E-state index in [0.717, 1.165) is 25.7 Å². The Hall–Kier alpha value is -0.850. The van der Waals surface area contributed by atoms with Crippen LogP contribution in [0.3, 0.4) is 0 Å². The number of amides is 1. The third-order valence-electron chi connectivity index (χ3n) is 2.23. The quantitative estimate of drug-likeness (QED) is 0.266. The molecule has 0 aromatic heterocycles. The van der Waals surface area contributed by atoms with E-state index in [4.69, 9.17) is 20.6 Å². The van der Waals surface area contributed by atoms with Crippen molar-refractivity contribution in [3.63, 3.8) is 0 Å². The molecular weight excluding hydrogens is 224 g/mol. The van der Waals surface area contributed by atoms with Gasteiger partial charge >= 0.3 is 6.09 Å². The minimum absolute atomic E-state index is 0.126. The molecule has 0 aliphatic heterocycles. The monoisotopic (exact) mass is 248 g/mol. The summed E-state index contributed by atoms with van der Waals surface area (Å²) in [7, 11) is 0. The molecule has 0 bridgehead atoms. The Kier molecular flexibility index (Phi) is 9.80. The van der Waals surface area contributed by atoms with Crippen molar-refractivity contribution >= 4 is 6.09 Å². The molecule has 3 N–H and O–H groups in total. The van der Waals surface area contributed by atoms with Gasteiger partial charge in [0.1, 0.15) is 0 Å². The molecule has 1 unspecified atom stereocenters. The van der Waals surface area contributed by atoms with Crippen LogP contribution < -0.4 is 5.73 Å². The molecular formula is C11H24N2O4. The normalized spacial score (nSPS) is 12.4. The summed E-state index contributed by atoms with van der Waals surface area (Å²) >= 11 is 0. The van der Waals surface area contributed by atoms with E-state index in [9.17, 15) is 4.79 Å². The largest absolute Gasteiger partial charge is 0.465 e. The number of nitrogens with two attached hydrogens (primary N) is 1. The highest BCUT2D eigenvalue weighted by atomic mass is 17.2. The van der Waals surface area contributed by atoms with Crippen LogP contribution in [0, 0.1) is 0 Å². The second-order valence-electron chi connectivity index (χ2n) is 3.89. The minimum atomic E-state index is -0.981. The lowest BCUT2D eigenvalue weighted by atomic mass is 10.3. The number of hydrogen-bond donors (Lipinski definition) is 2. The molecule has 0 aliphatic carbocycles. The lowest BCUT2D eigenvalue weighted by Gasteiger charge is -2.22. The van der Waals surface area contributed by atoms with Gasteiger partial charge in [-0.25, -0.2) is 14.6 Å². The molecule has 0 aromatic rings. The van der Waals surface area contributed by atoms with Gasteiger partial charge in [0.15, 0.2) is 6.23 Å². The van der Waals surface area contributed by atoms with E-state index in [2.05, 4.69) is 0 Å². The van der Waals surface area contributed by atoms with Crippen molar-refractivity contribution < 1.29 is 19.7 Å². The molecule has 102 valence electrons. The second-order valence-corrected chi connectivity index (χ2v) is 3.89. The Morgan fingerprint density at radius 1 is 1.35 bits per heavy atom. The van der Waals surface area contributed by atoms with Gasteiger partial charge in [-0.1, -0.05) is 26.7 Å². The summed E-state index contributed by atoms with van der Waals surface area (Å²) in [5.41, 5.74) is 5.61. The Labute approximate surface area is 103 Å². The third kappa shape index (κ3) is 8.91. The maximum absolute atomic E-state index is 10.9. The zero-order valence-corrected chi connectivity index (χ0v) is 10.7. The summed E-state index contributed by atoms with van der Waals surface area (Å²) in [6, 6.07) is 0. The Morgan fingerprint density at radius 2 is 2.00 bits per heavy atom. The van der Waals surface area contributed by atoms with Crippen LogP contribution in [-0.4, -0.2) is 42.0 Å². The maximum Gasteiger partial charge on any atom is 0.407 e. The van der Waals surface area contributed by atoms with E-state index in [1.54, 1.807) is 0 Å². The molecule has 0 aliphatic rings. The fourth-order valence-electron chi connectivity index (χ4n) is 1.20. The molecule has 0 fully saturated rings. The molecule has 0 rings (SSSR count). The van der Waals surface area contributed by atoms with E-state index in [0.29, 0.717) is 13.2 Å². The molecule has 0 saturated heterocycles. The first-order chi connectivity index (χ1) is 8.11. The average Bonchev–Trinajstić information content (AvgIpc) is 2.29. The number of unbranched alkanes of at least 4 members (excludes halogenated alkanes) is 2. The summed E-state index contributed by atoms with van der Waals surface area (Å²) in [4.78, 5) is 21.9. The first-order valence-electron chi connectivity index (χ1n) is 6.13. The van der Waals surface area contributed by atoms with Crippen LogP contribution >= 0.6 is 0 Å². The van der Waals surface area contributed by atoms with Gasteiger partial charge in [0.25, 0.3) is 0 Å². The van der Waals surface area contributed by atoms with Gasteiger partial charge in [-0.15, -0.1) is 0 Å². The Balaban J connectivity index is 3.78. The Bertz CT molecular complexity index is 202. The number of rotatable bonds is 10. The van der Waals surface area contributed by atoms with Crippen LogP contribution in [0.1, 0.15) is 39.5 Å². The van der Waals surface area contributed by atoms with E-state index >= 15 is 0 Å². The van der Waals surface area contributed by atoms with Crippen molar-refractivity contribution in [1.82, 2.24) is 4.90 Å². The molecule has 6 nitrogen and oxygen atoms in total. The Morgan fingerprint density at radius 3 is 2.53 bits per heavy atom. The van der Waals surface area contributed by atoms with Crippen LogP contribution in [0.25, 0.3) is 0 Å².